The molecule has 1 amide bonds. The van der Waals surface area contributed by atoms with Gasteiger partial charge in [-0.2, -0.15) is 0 Å². The Hall–Kier alpha value is -2.65. The molecule has 3 atom stereocenters. The summed E-state index contributed by atoms with van der Waals surface area (Å²) in [6.45, 7) is 4.05. The maximum atomic E-state index is 14.8. The molecule has 8 nitrogen and oxygen atoms in total. The molecule has 6 N–H and O–H groups in total. The molecule has 2 heterocycles. The van der Waals surface area contributed by atoms with E-state index in [9.17, 15) is 9.18 Å². The van der Waals surface area contributed by atoms with E-state index < -0.39 is 12.1 Å². The molecule has 0 radical (unpaired) electrons. The first kappa shape index (κ1) is 23.0. The third-order valence-electron chi connectivity index (χ3n) is 5.90. The number of amides is 1. The van der Waals surface area contributed by atoms with Crippen LogP contribution in [-0.4, -0.2) is 62.6 Å². The summed E-state index contributed by atoms with van der Waals surface area (Å²) in [5.41, 5.74) is 15.3. The highest BCUT2D eigenvalue weighted by Gasteiger charge is 2.28. The van der Waals surface area contributed by atoms with Gasteiger partial charge in [-0.05, 0) is 30.7 Å². The van der Waals surface area contributed by atoms with Crippen molar-refractivity contribution < 1.29 is 13.9 Å². The van der Waals surface area contributed by atoms with Crippen molar-refractivity contribution >= 4 is 12.1 Å². The molecule has 3 rings (SSSR count). The minimum atomic E-state index is -0.555. The fourth-order valence-corrected chi connectivity index (χ4v) is 4.13. The van der Waals surface area contributed by atoms with Gasteiger partial charge in [-0.15, -0.1) is 0 Å². The van der Waals surface area contributed by atoms with Crippen LogP contribution >= 0.6 is 0 Å². The van der Waals surface area contributed by atoms with Crippen LogP contribution in [0.2, 0.25) is 0 Å². The summed E-state index contributed by atoms with van der Waals surface area (Å²) >= 11 is 0. The van der Waals surface area contributed by atoms with Crippen molar-refractivity contribution in [2.75, 3.05) is 33.4 Å². The number of halogens is 1. The number of nitrogens with one attached hydrogen (secondary N) is 2. The normalized spacial score (nSPS) is 26.1. The van der Waals surface area contributed by atoms with Crippen LogP contribution < -0.4 is 22.1 Å². The number of rotatable bonds is 7. The van der Waals surface area contributed by atoms with E-state index in [1.165, 1.54) is 12.3 Å². The lowest BCUT2D eigenvalue weighted by Gasteiger charge is -2.35. The molecular formula is C22H33FN6O2. The number of hydrogen-bond donors (Lipinski definition) is 4. The predicted octanol–water partition coefficient (Wildman–Crippen LogP) is 1.05. The lowest BCUT2D eigenvalue weighted by molar-refractivity contribution is -0.128. The third-order valence-corrected chi connectivity index (χ3v) is 5.90. The van der Waals surface area contributed by atoms with Gasteiger partial charge in [0.2, 0.25) is 5.91 Å². The van der Waals surface area contributed by atoms with Crippen LogP contribution in [0.15, 0.2) is 51.7 Å². The van der Waals surface area contributed by atoms with E-state index in [1.54, 1.807) is 25.1 Å². The second-order valence-electron chi connectivity index (χ2n) is 8.05. The van der Waals surface area contributed by atoms with Crippen molar-refractivity contribution in [2.45, 2.75) is 38.4 Å². The van der Waals surface area contributed by atoms with E-state index in [4.69, 9.17) is 16.2 Å². The van der Waals surface area contributed by atoms with Crippen LogP contribution in [0.5, 0.6) is 0 Å². The van der Waals surface area contributed by atoms with Crippen molar-refractivity contribution in [1.29, 1.82) is 0 Å². The van der Waals surface area contributed by atoms with E-state index in [0.717, 1.165) is 24.3 Å². The maximum Gasteiger partial charge on any atom is 0.219 e. The molecule has 3 aliphatic rings. The summed E-state index contributed by atoms with van der Waals surface area (Å²) in [5, 5.41) is 6.76. The van der Waals surface area contributed by atoms with Crippen LogP contribution in [0, 0.1) is 5.92 Å². The molecular weight excluding hydrogens is 399 g/mol. The standard InChI is InChI=1S/C22H33FN6O2/c1-14(30)29-7-5-21(27-17-6-8-31-13-17)19(12-29)22(25)28-16-3-4-18(20(23)9-16)15(10-24)11-26-2/h3,9-11,17-18,22,27-28H,4-8,12-13,24-25H2,1-2H3. The highest BCUT2D eigenvalue weighted by molar-refractivity contribution is 5.80. The van der Waals surface area contributed by atoms with Crippen molar-refractivity contribution in [3.05, 3.63) is 46.7 Å². The molecule has 0 aromatic carbocycles. The summed E-state index contributed by atoms with van der Waals surface area (Å²) < 4.78 is 20.2. The topological polar surface area (TPSA) is 118 Å². The van der Waals surface area contributed by atoms with E-state index >= 15 is 0 Å². The van der Waals surface area contributed by atoms with Crippen LogP contribution in [0.25, 0.3) is 0 Å². The summed E-state index contributed by atoms with van der Waals surface area (Å²) in [7, 11) is 1.63. The number of carbonyl (C=O) groups is 1. The number of allylic oxidation sites excluding steroid dienone is 4. The first-order valence-corrected chi connectivity index (χ1v) is 10.7. The first-order valence-electron chi connectivity index (χ1n) is 10.7. The number of carbonyl (C=O) groups excluding carboxylic acids is 1. The van der Waals surface area contributed by atoms with Gasteiger partial charge in [-0.25, -0.2) is 4.39 Å². The average molecular weight is 433 g/mol. The minimum Gasteiger partial charge on any atom is -0.404 e. The molecule has 1 saturated heterocycles. The summed E-state index contributed by atoms with van der Waals surface area (Å²) in [5.74, 6) is -0.729. The SMILES string of the molecule is CN=CC(=CN)C1CC=C(NC(N)C2=C(NC3CCOC3)CCN(C(C)=O)C2)C=C1F. The molecule has 170 valence electrons. The van der Waals surface area contributed by atoms with Gasteiger partial charge in [0.05, 0.1) is 12.6 Å². The van der Waals surface area contributed by atoms with Gasteiger partial charge in [0.1, 0.15) is 12.0 Å². The number of nitrogens with two attached hydrogens (primary N) is 2. The lowest BCUT2D eigenvalue weighted by Crippen LogP contribution is -2.48. The third kappa shape index (κ3) is 5.74. The number of aliphatic imine (C=N–C) groups is 1. The van der Waals surface area contributed by atoms with Crippen molar-refractivity contribution in [3.63, 3.8) is 0 Å². The molecule has 31 heavy (non-hydrogen) atoms. The van der Waals surface area contributed by atoms with Crippen LogP contribution in [0.3, 0.4) is 0 Å². The Bertz CT molecular complexity index is 826. The van der Waals surface area contributed by atoms with Gasteiger partial charge >= 0.3 is 0 Å². The molecule has 1 fully saturated rings. The van der Waals surface area contributed by atoms with Gasteiger partial charge in [-0.1, -0.05) is 6.08 Å². The van der Waals surface area contributed by atoms with Crippen LogP contribution in [0.1, 0.15) is 26.2 Å². The Balaban J connectivity index is 1.74. The highest BCUT2D eigenvalue weighted by Crippen LogP contribution is 2.30. The Morgan fingerprint density at radius 3 is 2.90 bits per heavy atom. The second-order valence-corrected chi connectivity index (χ2v) is 8.05. The molecule has 0 bridgehead atoms. The Kier molecular flexibility index (Phi) is 7.86. The molecule has 3 unspecified atom stereocenters. The fourth-order valence-electron chi connectivity index (χ4n) is 4.13. The number of nitrogens with zero attached hydrogens (tertiary/aromatic N) is 2. The number of ether oxygens (including phenoxy) is 1. The highest BCUT2D eigenvalue weighted by atomic mass is 19.1. The quantitative estimate of drug-likeness (QED) is 0.353. The molecule has 0 aromatic rings. The van der Waals surface area contributed by atoms with Gasteiger partial charge in [0, 0.05) is 69.2 Å². The van der Waals surface area contributed by atoms with Crippen molar-refractivity contribution in [2.24, 2.45) is 22.4 Å². The largest absolute Gasteiger partial charge is 0.404 e. The molecule has 1 aliphatic carbocycles. The van der Waals surface area contributed by atoms with Crippen LogP contribution in [0.4, 0.5) is 4.39 Å². The molecule has 0 aromatic heterocycles. The molecule has 0 spiro atoms. The first-order chi connectivity index (χ1) is 14.9. The van der Waals surface area contributed by atoms with Crippen LogP contribution in [-0.2, 0) is 9.53 Å². The average Bonchev–Trinajstić information content (AvgIpc) is 3.25. The van der Waals surface area contributed by atoms with E-state index in [1.807, 2.05) is 6.08 Å². The van der Waals surface area contributed by atoms with E-state index in [0.29, 0.717) is 43.8 Å². The molecule has 9 heteroatoms. The zero-order valence-corrected chi connectivity index (χ0v) is 18.2. The van der Waals surface area contributed by atoms with E-state index in [-0.39, 0.29) is 17.8 Å². The zero-order valence-electron chi connectivity index (χ0n) is 18.2. The molecule has 0 saturated carbocycles. The summed E-state index contributed by atoms with van der Waals surface area (Å²) in [6, 6.07) is 0.245. The summed E-state index contributed by atoms with van der Waals surface area (Å²) in [6.07, 6.45) is 7.86. The Labute approximate surface area is 183 Å². The van der Waals surface area contributed by atoms with Crippen molar-refractivity contribution in [3.8, 4) is 0 Å². The maximum absolute atomic E-state index is 14.8. The van der Waals surface area contributed by atoms with Gasteiger partial charge in [-0.3, -0.25) is 9.79 Å². The van der Waals surface area contributed by atoms with Gasteiger partial charge in [0.25, 0.3) is 0 Å². The summed E-state index contributed by atoms with van der Waals surface area (Å²) in [4.78, 5) is 17.7. The zero-order chi connectivity index (χ0) is 22.4. The lowest BCUT2D eigenvalue weighted by atomic mass is 9.91. The van der Waals surface area contributed by atoms with E-state index in [2.05, 4.69) is 15.6 Å². The van der Waals surface area contributed by atoms with Gasteiger partial charge in [0.15, 0.2) is 0 Å². The second kappa shape index (κ2) is 10.6. The van der Waals surface area contributed by atoms with Crippen molar-refractivity contribution in [1.82, 2.24) is 15.5 Å². The Morgan fingerprint density at radius 2 is 2.29 bits per heavy atom. The Morgan fingerprint density at radius 1 is 1.48 bits per heavy atom. The smallest absolute Gasteiger partial charge is 0.219 e. The monoisotopic (exact) mass is 432 g/mol. The fraction of sp³-hybridized carbons (Fsp3) is 0.545. The predicted molar refractivity (Wildman–Crippen MR) is 119 cm³/mol. The van der Waals surface area contributed by atoms with Gasteiger partial charge < -0.3 is 31.7 Å². The molecule has 2 aliphatic heterocycles. The minimum absolute atomic E-state index is 0.0114. The number of hydrogen-bond acceptors (Lipinski definition) is 7.